The van der Waals surface area contributed by atoms with Crippen molar-refractivity contribution in [1.29, 1.82) is 0 Å². The number of nitrogens with one attached hydrogen (secondary N) is 1. The van der Waals surface area contributed by atoms with Gasteiger partial charge in [-0.2, -0.15) is 0 Å². The normalized spacial score (nSPS) is 32.5. The molecule has 0 amide bonds. The first-order valence-corrected chi connectivity index (χ1v) is 8.07. The summed E-state index contributed by atoms with van der Waals surface area (Å²) < 4.78 is 10.9. The fourth-order valence-electron chi connectivity index (χ4n) is 3.61. The molecule has 0 aromatic rings. The maximum absolute atomic E-state index is 5.79. The van der Waals surface area contributed by atoms with Crippen LogP contribution in [0, 0.1) is 17.3 Å². The first-order valence-electron chi connectivity index (χ1n) is 8.07. The molecule has 0 heterocycles. The van der Waals surface area contributed by atoms with Crippen LogP contribution in [-0.4, -0.2) is 40.0 Å². The van der Waals surface area contributed by atoms with Crippen LogP contribution in [0.4, 0.5) is 0 Å². The molecule has 1 N–H and O–H groups in total. The molecular formula is C16H31NO2. The lowest BCUT2D eigenvalue weighted by Crippen LogP contribution is -2.36. The number of methoxy groups -OCH3 is 1. The third-order valence-corrected chi connectivity index (χ3v) is 4.86. The molecule has 0 bridgehead atoms. The molecule has 2 unspecified atom stereocenters. The zero-order chi connectivity index (χ0) is 13.6. The van der Waals surface area contributed by atoms with Gasteiger partial charge < -0.3 is 14.8 Å². The van der Waals surface area contributed by atoms with Crippen LogP contribution in [-0.2, 0) is 9.47 Å². The second-order valence-corrected chi connectivity index (χ2v) is 6.55. The van der Waals surface area contributed by atoms with Gasteiger partial charge in [0.1, 0.15) is 0 Å². The lowest BCUT2D eigenvalue weighted by Gasteiger charge is -2.31. The number of hydrogen-bond acceptors (Lipinski definition) is 3. The number of rotatable bonds is 11. The average Bonchev–Trinajstić information content (AvgIpc) is 3.03. The Kier molecular flexibility index (Phi) is 6.11. The van der Waals surface area contributed by atoms with Crippen LogP contribution in [0.3, 0.4) is 0 Å². The van der Waals surface area contributed by atoms with Crippen LogP contribution < -0.4 is 5.32 Å². The van der Waals surface area contributed by atoms with Gasteiger partial charge in [0.2, 0.25) is 0 Å². The Morgan fingerprint density at radius 2 is 1.95 bits per heavy atom. The third kappa shape index (κ3) is 4.73. The largest absolute Gasteiger partial charge is 0.383 e. The monoisotopic (exact) mass is 269 g/mol. The Morgan fingerprint density at radius 3 is 2.63 bits per heavy atom. The summed E-state index contributed by atoms with van der Waals surface area (Å²) >= 11 is 0. The fourth-order valence-corrected chi connectivity index (χ4v) is 3.61. The molecule has 19 heavy (non-hydrogen) atoms. The molecule has 0 aromatic heterocycles. The van der Waals surface area contributed by atoms with E-state index in [1.54, 1.807) is 7.11 Å². The molecule has 0 aliphatic heterocycles. The second-order valence-electron chi connectivity index (χ2n) is 6.55. The topological polar surface area (TPSA) is 30.5 Å². The number of hydrogen-bond donors (Lipinski definition) is 1. The van der Waals surface area contributed by atoms with Gasteiger partial charge in [-0.05, 0) is 49.4 Å². The van der Waals surface area contributed by atoms with Crippen molar-refractivity contribution in [3.05, 3.63) is 0 Å². The molecule has 2 aliphatic rings. The van der Waals surface area contributed by atoms with E-state index >= 15 is 0 Å². The quantitative estimate of drug-likeness (QED) is 0.585. The Morgan fingerprint density at radius 1 is 1.16 bits per heavy atom. The predicted molar refractivity (Wildman–Crippen MR) is 78.4 cm³/mol. The maximum Gasteiger partial charge on any atom is 0.0587 e. The second kappa shape index (κ2) is 7.61. The molecule has 2 atom stereocenters. The van der Waals surface area contributed by atoms with Crippen molar-refractivity contribution >= 4 is 0 Å². The number of unbranched alkanes of at least 4 members (excludes halogenated alkanes) is 1. The van der Waals surface area contributed by atoms with Crippen molar-refractivity contribution in [2.24, 2.45) is 17.3 Å². The molecule has 3 nitrogen and oxygen atoms in total. The Labute approximate surface area is 118 Å². The van der Waals surface area contributed by atoms with Crippen LogP contribution in [0.1, 0.15) is 45.4 Å². The van der Waals surface area contributed by atoms with Gasteiger partial charge in [0.15, 0.2) is 0 Å². The molecule has 2 aliphatic carbocycles. The molecule has 3 heteroatoms. The van der Waals surface area contributed by atoms with Gasteiger partial charge in [0, 0.05) is 33.4 Å². The zero-order valence-electron chi connectivity index (χ0n) is 12.7. The first kappa shape index (κ1) is 15.3. The summed E-state index contributed by atoms with van der Waals surface area (Å²) in [6.45, 7) is 7.05. The Hall–Kier alpha value is -0.120. The van der Waals surface area contributed by atoms with Gasteiger partial charge in [-0.3, -0.25) is 0 Å². The highest BCUT2D eigenvalue weighted by Crippen LogP contribution is 2.60. The predicted octanol–water partition coefficient (Wildman–Crippen LogP) is 2.85. The lowest BCUT2D eigenvalue weighted by molar-refractivity contribution is 0.0860. The van der Waals surface area contributed by atoms with Crippen molar-refractivity contribution in [3.63, 3.8) is 0 Å². The van der Waals surface area contributed by atoms with E-state index in [0.29, 0.717) is 5.41 Å². The van der Waals surface area contributed by atoms with Gasteiger partial charge in [-0.15, -0.1) is 0 Å². The minimum Gasteiger partial charge on any atom is -0.383 e. The fraction of sp³-hybridized carbons (Fsp3) is 1.00. The summed E-state index contributed by atoms with van der Waals surface area (Å²) in [5.74, 6) is 2.08. The van der Waals surface area contributed by atoms with Crippen LogP contribution >= 0.6 is 0 Å². The van der Waals surface area contributed by atoms with E-state index in [1.807, 2.05) is 0 Å². The first-order chi connectivity index (χ1) is 9.29. The number of ether oxygens (including phenoxy) is 2. The van der Waals surface area contributed by atoms with E-state index in [0.717, 1.165) is 44.7 Å². The SMILES string of the molecule is CCCCOCCC1(CNCCOC)CC2CC2C1. The van der Waals surface area contributed by atoms with E-state index in [1.165, 1.54) is 38.5 Å². The summed E-state index contributed by atoms with van der Waals surface area (Å²) in [6.07, 6.45) is 8.02. The summed E-state index contributed by atoms with van der Waals surface area (Å²) in [6, 6.07) is 0. The minimum absolute atomic E-state index is 0.521. The smallest absolute Gasteiger partial charge is 0.0587 e. The van der Waals surface area contributed by atoms with Crippen molar-refractivity contribution < 1.29 is 9.47 Å². The molecule has 0 radical (unpaired) electrons. The maximum atomic E-state index is 5.79. The third-order valence-electron chi connectivity index (χ3n) is 4.86. The molecule has 0 aromatic carbocycles. The molecule has 0 spiro atoms. The molecule has 2 fully saturated rings. The summed E-state index contributed by atoms with van der Waals surface area (Å²) in [5, 5.41) is 3.58. The standard InChI is InChI=1S/C16H31NO2/c1-3-4-7-19-8-5-16(13-17-6-9-18-2)11-14-10-15(14)12-16/h14-15,17H,3-13H2,1-2H3. The van der Waals surface area contributed by atoms with Gasteiger partial charge in [0.05, 0.1) is 6.61 Å². The van der Waals surface area contributed by atoms with Gasteiger partial charge in [0.25, 0.3) is 0 Å². The molecule has 0 saturated heterocycles. The van der Waals surface area contributed by atoms with E-state index < -0.39 is 0 Å². The van der Waals surface area contributed by atoms with Gasteiger partial charge in [-0.25, -0.2) is 0 Å². The zero-order valence-corrected chi connectivity index (χ0v) is 12.7. The van der Waals surface area contributed by atoms with Crippen LogP contribution in [0.5, 0.6) is 0 Å². The van der Waals surface area contributed by atoms with Gasteiger partial charge in [-0.1, -0.05) is 13.3 Å². The van der Waals surface area contributed by atoms with Crippen molar-refractivity contribution in [2.45, 2.75) is 45.4 Å². The van der Waals surface area contributed by atoms with Crippen molar-refractivity contribution in [3.8, 4) is 0 Å². The van der Waals surface area contributed by atoms with Crippen molar-refractivity contribution in [2.75, 3.05) is 40.0 Å². The summed E-state index contributed by atoms with van der Waals surface area (Å²) in [7, 11) is 1.77. The average molecular weight is 269 g/mol. The number of fused-ring (bicyclic) bond motifs is 1. The minimum atomic E-state index is 0.521. The van der Waals surface area contributed by atoms with E-state index in [-0.39, 0.29) is 0 Å². The molecular weight excluding hydrogens is 238 g/mol. The van der Waals surface area contributed by atoms with E-state index in [9.17, 15) is 0 Å². The molecule has 2 saturated carbocycles. The highest BCUT2D eigenvalue weighted by atomic mass is 16.5. The Balaban J connectivity index is 1.66. The molecule has 112 valence electrons. The van der Waals surface area contributed by atoms with E-state index in [2.05, 4.69) is 12.2 Å². The van der Waals surface area contributed by atoms with Crippen molar-refractivity contribution in [1.82, 2.24) is 5.32 Å². The molecule has 2 rings (SSSR count). The summed E-state index contributed by atoms with van der Waals surface area (Å²) in [5.41, 5.74) is 0.521. The van der Waals surface area contributed by atoms with Gasteiger partial charge >= 0.3 is 0 Å². The highest BCUT2D eigenvalue weighted by Gasteiger charge is 2.52. The Bertz CT molecular complexity index is 247. The summed E-state index contributed by atoms with van der Waals surface area (Å²) in [4.78, 5) is 0. The lowest BCUT2D eigenvalue weighted by atomic mass is 9.80. The van der Waals surface area contributed by atoms with Crippen LogP contribution in [0.2, 0.25) is 0 Å². The van der Waals surface area contributed by atoms with Crippen LogP contribution in [0.15, 0.2) is 0 Å². The van der Waals surface area contributed by atoms with E-state index in [4.69, 9.17) is 9.47 Å². The van der Waals surface area contributed by atoms with Crippen LogP contribution in [0.25, 0.3) is 0 Å². The highest BCUT2D eigenvalue weighted by molar-refractivity contribution is 5.04.